The maximum atomic E-state index is 12.0. The van der Waals surface area contributed by atoms with Gasteiger partial charge in [0.25, 0.3) is 5.91 Å². The highest BCUT2D eigenvalue weighted by Crippen LogP contribution is 2.25. The number of esters is 1. The van der Waals surface area contributed by atoms with Crippen LogP contribution in [0.15, 0.2) is 72.8 Å². The number of carbonyl (C=O) groups is 2. The molecule has 0 aliphatic rings. The van der Waals surface area contributed by atoms with Crippen molar-refractivity contribution in [3.8, 4) is 11.1 Å². The lowest BCUT2D eigenvalue weighted by molar-refractivity contribution is -0.146. The first-order chi connectivity index (χ1) is 13.5. The zero-order chi connectivity index (χ0) is 19.9. The van der Waals surface area contributed by atoms with Crippen molar-refractivity contribution in [3.63, 3.8) is 0 Å². The SMILES string of the molecule is O=C(COC(=O)Cc1ccc(-c2ccccc2)cc1)Nc1cc(Cl)ccc1Cl. The van der Waals surface area contributed by atoms with Crippen LogP contribution in [0.5, 0.6) is 0 Å². The van der Waals surface area contributed by atoms with Crippen LogP contribution in [0.3, 0.4) is 0 Å². The van der Waals surface area contributed by atoms with Crippen LogP contribution in [0, 0.1) is 0 Å². The Morgan fingerprint density at radius 1 is 0.857 bits per heavy atom. The van der Waals surface area contributed by atoms with Gasteiger partial charge in [0.15, 0.2) is 6.61 Å². The van der Waals surface area contributed by atoms with Crippen molar-refractivity contribution in [2.75, 3.05) is 11.9 Å². The molecule has 1 amide bonds. The predicted molar refractivity (Wildman–Crippen MR) is 112 cm³/mol. The van der Waals surface area contributed by atoms with Crippen LogP contribution in [0.25, 0.3) is 11.1 Å². The first-order valence-corrected chi connectivity index (χ1v) is 9.32. The highest BCUT2D eigenvalue weighted by atomic mass is 35.5. The van der Waals surface area contributed by atoms with Crippen molar-refractivity contribution in [2.45, 2.75) is 6.42 Å². The minimum absolute atomic E-state index is 0.0836. The second-order valence-electron chi connectivity index (χ2n) is 6.07. The maximum Gasteiger partial charge on any atom is 0.310 e. The second-order valence-corrected chi connectivity index (χ2v) is 6.92. The van der Waals surface area contributed by atoms with Crippen molar-refractivity contribution in [3.05, 3.63) is 88.4 Å². The fourth-order valence-electron chi connectivity index (χ4n) is 2.59. The Morgan fingerprint density at radius 3 is 2.25 bits per heavy atom. The number of anilines is 1. The van der Waals surface area contributed by atoms with E-state index >= 15 is 0 Å². The Hall–Kier alpha value is -2.82. The molecule has 0 aromatic heterocycles. The zero-order valence-electron chi connectivity index (χ0n) is 14.8. The molecule has 3 aromatic rings. The monoisotopic (exact) mass is 413 g/mol. The quantitative estimate of drug-likeness (QED) is 0.551. The van der Waals surface area contributed by atoms with Gasteiger partial charge < -0.3 is 10.1 Å². The van der Waals surface area contributed by atoms with Crippen molar-refractivity contribution >= 4 is 40.8 Å². The van der Waals surface area contributed by atoms with Gasteiger partial charge in [-0.05, 0) is 34.9 Å². The molecule has 0 spiro atoms. The molecule has 4 nitrogen and oxygen atoms in total. The Kier molecular flexibility index (Phi) is 6.69. The van der Waals surface area contributed by atoms with Crippen LogP contribution in [-0.2, 0) is 20.7 Å². The molecule has 0 aliphatic heterocycles. The van der Waals surface area contributed by atoms with E-state index < -0.39 is 18.5 Å². The number of carbonyl (C=O) groups excluding carboxylic acids is 2. The minimum atomic E-state index is -0.489. The van der Waals surface area contributed by atoms with E-state index in [1.807, 2.05) is 54.6 Å². The van der Waals surface area contributed by atoms with E-state index in [2.05, 4.69) is 5.32 Å². The molecule has 0 aliphatic carbocycles. The summed E-state index contributed by atoms with van der Waals surface area (Å²) in [6.07, 6.45) is 0.0836. The number of halogens is 2. The fraction of sp³-hybridized carbons (Fsp3) is 0.0909. The number of ether oxygens (including phenoxy) is 1. The van der Waals surface area contributed by atoms with Crippen LogP contribution in [-0.4, -0.2) is 18.5 Å². The third-order valence-corrected chi connectivity index (χ3v) is 4.54. The lowest BCUT2D eigenvalue weighted by Crippen LogP contribution is -2.21. The smallest absolute Gasteiger partial charge is 0.310 e. The third kappa shape index (κ3) is 5.59. The van der Waals surface area contributed by atoms with Crippen LogP contribution in [0.2, 0.25) is 10.0 Å². The first kappa shape index (κ1) is 19.9. The largest absolute Gasteiger partial charge is 0.455 e. The number of rotatable bonds is 6. The number of benzene rings is 3. The molecule has 0 bridgehead atoms. The second kappa shape index (κ2) is 9.40. The van der Waals surface area contributed by atoms with Gasteiger partial charge in [0.05, 0.1) is 17.1 Å². The van der Waals surface area contributed by atoms with Crippen LogP contribution >= 0.6 is 23.2 Å². The molecule has 3 rings (SSSR count). The summed E-state index contributed by atoms with van der Waals surface area (Å²) in [7, 11) is 0. The summed E-state index contributed by atoms with van der Waals surface area (Å²) in [4.78, 5) is 23.9. The number of nitrogens with one attached hydrogen (secondary N) is 1. The molecule has 0 atom stereocenters. The summed E-state index contributed by atoms with van der Waals surface area (Å²) in [6, 6.07) is 22.3. The van der Waals surface area contributed by atoms with Crippen LogP contribution < -0.4 is 5.32 Å². The van der Waals surface area contributed by atoms with E-state index in [1.54, 1.807) is 12.1 Å². The number of hydrogen-bond donors (Lipinski definition) is 1. The molecule has 0 radical (unpaired) electrons. The fourth-order valence-corrected chi connectivity index (χ4v) is 2.93. The van der Waals surface area contributed by atoms with Gasteiger partial charge >= 0.3 is 5.97 Å². The summed E-state index contributed by atoms with van der Waals surface area (Å²) >= 11 is 11.9. The van der Waals surface area contributed by atoms with Gasteiger partial charge in [-0.2, -0.15) is 0 Å². The topological polar surface area (TPSA) is 55.4 Å². The van der Waals surface area contributed by atoms with E-state index in [4.69, 9.17) is 27.9 Å². The average molecular weight is 414 g/mol. The van der Waals surface area contributed by atoms with Crippen LogP contribution in [0.1, 0.15) is 5.56 Å². The van der Waals surface area contributed by atoms with E-state index in [-0.39, 0.29) is 6.42 Å². The van der Waals surface area contributed by atoms with Crippen molar-refractivity contribution in [1.82, 2.24) is 0 Å². The first-order valence-electron chi connectivity index (χ1n) is 8.56. The molecule has 0 unspecified atom stereocenters. The molecule has 6 heteroatoms. The maximum absolute atomic E-state index is 12.0. The van der Waals surface area contributed by atoms with E-state index in [1.165, 1.54) is 6.07 Å². The van der Waals surface area contributed by atoms with Gasteiger partial charge in [-0.1, -0.05) is 77.8 Å². The summed E-state index contributed by atoms with van der Waals surface area (Å²) in [5.74, 6) is -0.975. The van der Waals surface area contributed by atoms with E-state index in [0.717, 1.165) is 16.7 Å². The van der Waals surface area contributed by atoms with Gasteiger partial charge in [0.1, 0.15) is 0 Å². The lowest BCUT2D eigenvalue weighted by Gasteiger charge is -2.09. The van der Waals surface area contributed by atoms with E-state index in [0.29, 0.717) is 15.7 Å². The number of amides is 1. The summed E-state index contributed by atoms with van der Waals surface area (Å²) in [6.45, 7) is -0.399. The van der Waals surface area contributed by atoms with Gasteiger partial charge in [0, 0.05) is 5.02 Å². The van der Waals surface area contributed by atoms with Gasteiger partial charge in [-0.3, -0.25) is 9.59 Å². The van der Waals surface area contributed by atoms with Gasteiger partial charge in [-0.25, -0.2) is 0 Å². The third-order valence-electron chi connectivity index (χ3n) is 3.98. The van der Waals surface area contributed by atoms with Crippen molar-refractivity contribution in [2.24, 2.45) is 0 Å². The summed E-state index contributed by atoms with van der Waals surface area (Å²) in [5, 5.41) is 3.35. The normalized spacial score (nSPS) is 10.4. The molecule has 0 fully saturated rings. The number of hydrogen-bond acceptors (Lipinski definition) is 3. The Labute approximate surface area is 173 Å². The highest BCUT2D eigenvalue weighted by Gasteiger charge is 2.11. The Balaban J connectivity index is 1.50. The highest BCUT2D eigenvalue weighted by molar-refractivity contribution is 6.35. The average Bonchev–Trinajstić information content (AvgIpc) is 2.70. The molecule has 0 heterocycles. The van der Waals surface area contributed by atoms with Crippen molar-refractivity contribution in [1.29, 1.82) is 0 Å². The molecule has 1 N–H and O–H groups in total. The molecule has 3 aromatic carbocycles. The Bertz CT molecular complexity index is 973. The molecule has 0 saturated heterocycles. The molecular weight excluding hydrogens is 397 g/mol. The molecule has 142 valence electrons. The minimum Gasteiger partial charge on any atom is -0.455 e. The van der Waals surface area contributed by atoms with E-state index in [9.17, 15) is 9.59 Å². The standard InChI is InChI=1S/C22H17Cl2NO3/c23-18-10-11-19(24)20(13-18)25-21(26)14-28-22(27)12-15-6-8-17(9-7-15)16-4-2-1-3-5-16/h1-11,13H,12,14H2,(H,25,26). The van der Waals surface area contributed by atoms with Crippen molar-refractivity contribution < 1.29 is 14.3 Å². The zero-order valence-corrected chi connectivity index (χ0v) is 16.3. The molecule has 0 saturated carbocycles. The van der Waals surface area contributed by atoms with Crippen LogP contribution in [0.4, 0.5) is 5.69 Å². The summed E-state index contributed by atoms with van der Waals surface area (Å²) in [5.41, 5.74) is 3.35. The Morgan fingerprint density at radius 2 is 1.54 bits per heavy atom. The summed E-state index contributed by atoms with van der Waals surface area (Å²) < 4.78 is 5.04. The lowest BCUT2D eigenvalue weighted by atomic mass is 10.0. The molecular formula is C22H17Cl2NO3. The van der Waals surface area contributed by atoms with Gasteiger partial charge in [0.2, 0.25) is 0 Å². The predicted octanol–water partition coefficient (Wildman–Crippen LogP) is 5.38. The molecule has 28 heavy (non-hydrogen) atoms. The van der Waals surface area contributed by atoms with Gasteiger partial charge in [-0.15, -0.1) is 0 Å².